The first-order chi connectivity index (χ1) is 9.65. The van der Waals surface area contributed by atoms with Gasteiger partial charge in [0.2, 0.25) is 5.91 Å². The van der Waals surface area contributed by atoms with Crippen molar-refractivity contribution in [3.63, 3.8) is 0 Å². The highest BCUT2D eigenvalue weighted by Gasteiger charge is 2.13. The fourth-order valence-corrected chi connectivity index (χ4v) is 2.19. The monoisotopic (exact) mass is 292 g/mol. The van der Waals surface area contributed by atoms with Gasteiger partial charge >= 0.3 is 0 Å². The maximum Gasteiger partial charge on any atom is 0.272 e. The number of aromatic amines is 1. The van der Waals surface area contributed by atoms with Crippen LogP contribution in [0.5, 0.6) is 0 Å². The summed E-state index contributed by atoms with van der Waals surface area (Å²) in [5.41, 5.74) is 1.74. The van der Waals surface area contributed by atoms with E-state index in [2.05, 4.69) is 20.8 Å². The van der Waals surface area contributed by atoms with Crippen LogP contribution in [0.15, 0.2) is 18.2 Å². The molecule has 6 nitrogen and oxygen atoms in total. The van der Waals surface area contributed by atoms with E-state index in [1.807, 2.05) is 6.26 Å². The molecule has 1 aromatic carbocycles. The number of carbonyl (C=O) groups excluding carboxylic acids is 2. The van der Waals surface area contributed by atoms with Gasteiger partial charge in [-0.2, -0.15) is 16.9 Å². The lowest BCUT2D eigenvalue weighted by Crippen LogP contribution is -2.18. The summed E-state index contributed by atoms with van der Waals surface area (Å²) < 4.78 is 0. The van der Waals surface area contributed by atoms with Gasteiger partial charge in [-0.3, -0.25) is 14.7 Å². The number of hydrogen-bond acceptors (Lipinski definition) is 4. The van der Waals surface area contributed by atoms with Crippen molar-refractivity contribution in [1.82, 2.24) is 15.5 Å². The quantitative estimate of drug-likeness (QED) is 0.781. The van der Waals surface area contributed by atoms with E-state index in [0.717, 1.165) is 11.3 Å². The average Bonchev–Trinajstić information content (AvgIpc) is 2.87. The Balaban J connectivity index is 2.23. The number of hydrogen-bond donors (Lipinski definition) is 3. The Hall–Kier alpha value is -2.02. The zero-order valence-electron chi connectivity index (χ0n) is 11.3. The number of aromatic nitrogens is 2. The number of carbonyl (C=O) groups is 2. The Morgan fingerprint density at radius 2 is 2.20 bits per heavy atom. The van der Waals surface area contributed by atoms with Crippen molar-refractivity contribution in [1.29, 1.82) is 0 Å². The van der Waals surface area contributed by atoms with Crippen LogP contribution < -0.4 is 10.6 Å². The molecule has 1 aromatic heterocycles. The third-order valence-electron chi connectivity index (χ3n) is 2.82. The Morgan fingerprint density at radius 1 is 1.40 bits per heavy atom. The average molecular weight is 292 g/mol. The molecular weight excluding hydrogens is 276 g/mol. The molecule has 0 radical (unpaired) electrons. The van der Waals surface area contributed by atoms with Crippen molar-refractivity contribution >= 4 is 40.2 Å². The van der Waals surface area contributed by atoms with Crippen molar-refractivity contribution < 1.29 is 9.59 Å². The van der Waals surface area contributed by atoms with Gasteiger partial charge in [-0.1, -0.05) is 0 Å². The third kappa shape index (κ3) is 3.11. The predicted octanol–water partition coefficient (Wildman–Crippen LogP) is 1.61. The van der Waals surface area contributed by atoms with E-state index in [1.165, 1.54) is 0 Å². The normalized spacial score (nSPS) is 10.5. The molecule has 0 aliphatic rings. The molecule has 2 rings (SSSR count). The highest BCUT2D eigenvalue weighted by molar-refractivity contribution is 7.98. The van der Waals surface area contributed by atoms with Gasteiger partial charge in [0, 0.05) is 30.3 Å². The number of nitrogens with one attached hydrogen (secondary N) is 3. The molecule has 2 amide bonds. The lowest BCUT2D eigenvalue weighted by Gasteiger charge is -2.05. The fourth-order valence-electron chi connectivity index (χ4n) is 1.80. The van der Waals surface area contributed by atoms with Crippen molar-refractivity contribution in [3.8, 4) is 0 Å². The van der Waals surface area contributed by atoms with Crippen LogP contribution in [0.25, 0.3) is 10.9 Å². The maximum absolute atomic E-state index is 11.7. The second-order valence-electron chi connectivity index (χ2n) is 4.20. The van der Waals surface area contributed by atoms with Crippen molar-refractivity contribution in [3.05, 3.63) is 23.9 Å². The Kier molecular flexibility index (Phi) is 4.62. The van der Waals surface area contributed by atoms with Gasteiger partial charge in [0.15, 0.2) is 5.69 Å². The number of amides is 2. The van der Waals surface area contributed by atoms with Crippen LogP contribution in [-0.4, -0.2) is 41.1 Å². The van der Waals surface area contributed by atoms with Gasteiger partial charge in [0.1, 0.15) is 0 Å². The summed E-state index contributed by atoms with van der Waals surface area (Å²) in [7, 11) is 1.55. The molecule has 2 aromatic rings. The molecule has 0 fully saturated rings. The minimum Gasteiger partial charge on any atom is -0.354 e. The summed E-state index contributed by atoms with van der Waals surface area (Å²) in [5.74, 6) is 0.481. The highest BCUT2D eigenvalue weighted by Crippen LogP contribution is 2.20. The summed E-state index contributed by atoms with van der Waals surface area (Å²) in [5, 5.41) is 12.8. The molecule has 0 aliphatic carbocycles. The van der Waals surface area contributed by atoms with Crippen LogP contribution in [0, 0.1) is 0 Å². The second-order valence-corrected chi connectivity index (χ2v) is 5.19. The van der Waals surface area contributed by atoms with Crippen molar-refractivity contribution in [2.75, 3.05) is 24.4 Å². The molecule has 7 heteroatoms. The van der Waals surface area contributed by atoms with E-state index in [1.54, 1.807) is 37.0 Å². The summed E-state index contributed by atoms with van der Waals surface area (Å²) in [6.45, 7) is 0. The second kappa shape index (κ2) is 6.42. The summed E-state index contributed by atoms with van der Waals surface area (Å²) in [6, 6.07) is 5.32. The number of rotatable bonds is 5. The first kappa shape index (κ1) is 14.4. The molecular formula is C13H16N4O2S. The molecule has 0 unspecified atom stereocenters. The zero-order valence-corrected chi connectivity index (χ0v) is 12.1. The Morgan fingerprint density at radius 3 is 2.90 bits per heavy atom. The topological polar surface area (TPSA) is 86.9 Å². The lowest BCUT2D eigenvalue weighted by molar-refractivity contribution is -0.115. The predicted molar refractivity (Wildman–Crippen MR) is 81.1 cm³/mol. The van der Waals surface area contributed by atoms with Crippen LogP contribution in [-0.2, 0) is 4.79 Å². The number of anilines is 1. The van der Waals surface area contributed by atoms with E-state index in [9.17, 15) is 9.59 Å². The van der Waals surface area contributed by atoms with E-state index < -0.39 is 0 Å². The smallest absolute Gasteiger partial charge is 0.272 e. The van der Waals surface area contributed by atoms with Crippen molar-refractivity contribution in [2.45, 2.75) is 6.42 Å². The van der Waals surface area contributed by atoms with E-state index in [-0.39, 0.29) is 11.8 Å². The molecule has 0 saturated heterocycles. The van der Waals surface area contributed by atoms with Gasteiger partial charge in [-0.15, -0.1) is 0 Å². The summed E-state index contributed by atoms with van der Waals surface area (Å²) in [6.07, 6.45) is 2.42. The summed E-state index contributed by atoms with van der Waals surface area (Å²) in [4.78, 5) is 23.4. The molecule has 3 N–H and O–H groups in total. The Labute approximate surface area is 120 Å². The molecule has 0 atom stereocenters. The summed E-state index contributed by atoms with van der Waals surface area (Å²) >= 11 is 1.63. The maximum atomic E-state index is 11.7. The number of benzene rings is 1. The first-order valence-corrected chi connectivity index (χ1v) is 7.54. The number of nitrogens with zero attached hydrogens (tertiary/aromatic N) is 1. The van der Waals surface area contributed by atoms with Crippen LogP contribution in [0.1, 0.15) is 16.9 Å². The minimum atomic E-state index is -0.262. The molecule has 0 spiro atoms. The van der Waals surface area contributed by atoms with Gasteiger partial charge in [0.25, 0.3) is 5.91 Å². The van der Waals surface area contributed by atoms with E-state index in [0.29, 0.717) is 23.2 Å². The van der Waals surface area contributed by atoms with E-state index in [4.69, 9.17) is 0 Å². The van der Waals surface area contributed by atoms with Crippen LogP contribution in [0.4, 0.5) is 5.69 Å². The largest absolute Gasteiger partial charge is 0.354 e. The molecule has 20 heavy (non-hydrogen) atoms. The fraction of sp³-hybridized carbons (Fsp3) is 0.308. The van der Waals surface area contributed by atoms with Crippen LogP contribution >= 0.6 is 11.8 Å². The molecule has 0 saturated carbocycles. The number of H-pyrrole nitrogens is 1. The van der Waals surface area contributed by atoms with Gasteiger partial charge in [0.05, 0.1) is 5.52 Å². The highest BCUT2D eigenvalue weighted by atomic mass is 32.2. The van der Waals surface area contributed by atoms with Crippen LogP contribution in [0.3, 0.4) is 0 Å². The zero-order chi connectivity index (χ0) is 14.5. The molecule has 106 valence electrons. The first-order valence-electron chi connectivity index (χ1n) is 6.14. The van der Waals surface area contributed by atoms with E-state index >= 15 is 0 Å². The standard InChI is InChI=1S/C13H16N4O2S/c1-14-13(19)12-9-7-8(3-4-10(9)16-17-12)15-11(18)5-6-20-2/h3-4,7H,5-6H2,1-2H3,(H,14,19)(H,15,18)(H,16,17). The van der Waals surface area contributed by atoms with Gasteiger partial charge < -0.3 is 10.6 Å². The SMILES string of the molecule is CNC(=O)c1n[nH]c2ccc(NC(=O)CCSC)cc12. The molecule has 0 bridgehead atoms. The van der Waals surface area contributed by atoms with Crippen molar-refractivity contribution in [2.24, 2.45) is 0 Å². The number of fused-ring (bicyclic) bond motifs is 1. The van der Waals surface area contributed by atoms with Gasteiger partial charge in [-0.25, -0.2) is 0 Å². The lowest BCUT2D eigenvalue weighted by atomic mass is 10.2. The Bertz CT molecular complexity index is 638. The number of thioether (sulfide) groups is 1. The molecule has 1 heterocycles. The van der Waals surface area contributed by atoms with Gasteiger partial charge in [-0.05, 0) is 24.5 Å². The van der Waals surface area contributed by atoms with Crippen LogP contribution in [0.2, 0.25) is 0 Å². The molecule has 0 aliphatic heterocycles. The minimum absolute atomic E-state index is 0.0383. The third-order valence-corrected chi connectivity index (χ3v) is 3.43.